The van der Waals surface area contributed by atoms with Crippen molar-refractivity contribution in [2.45, 2.75) is 0 Å². The predicted octanol–water partition coefficient (Wildman–Crippen LogP) is 8.92. The normalized spacial score (nSPS) is 17.8. The molecule has 0 fully saturated rings. The smallest absolute Gasteiger partial charge is 0.252 e. The van der Waals surface area contributed by atoms with E-state index < -0.39 is 91.3 Å². The average Bonchev–Trinajstić information content (AvgIpc) is 3.77. The van der Waals surface area contributed by atoms with Crippen molar-refractivity contribution in [3.63, 3.8) is 0 Å². The van der Waals surface area contributed by atoms with Gasteiger partial charge in [-0.25, -0.2) is 0 Å². The number of aromatic nitrogens is 1. The summed E-state index contributed by atoms with van der Waals surface area (Å²) in [6, 6.07) is 15.0. The molecule has 0 atom stereocenters. The summed E-state index contributed by atoms with van der Waals surface area (Å²) in [5.74, 6) is 0. The van der Waals surface area contributed by atoms with Crippen molar-refractivity contribution in [1.29, 1.82) is 0 Å². The Balaban J connectivity index is 1.37. The minimum atomic E-state index is -0.990. The van der Waals surface area contributed by atoms with Crippen LogP contribution in [-0.4, -0.2) is 11.1 Å². The maximum absolute atomic E-state index is 9.53. The summed E-state index contributed by atoms with van der Waals surface area (Å²) in [5.41, 5.74) is 3.90. The molecule has 0 bridgehead atoms. The Hall–Kier alpha value is -6.00. The number of hydrogen-bond acceptors (Lipinski definition) is 2. The number of fused-ring (bicyclic) bond motifs is 10. The van der Waals surface area contributed by atoms with Crippen LogP contribution in [0.4, 0.5) is 34.1 Å². The van der Waals surface area contributed by atoms with Crippen LogP contribution in [0.1, 0.15) is 19.2 Å². The van der Waals surface area contributed by atoms with Crippen molar-refractivity contribution < 1.29 is 19.2 Å². The van der Waals surface area contributed by atoms with Crippen LogP contribution >= 0.6 is 0 Å². The Morgan fingerprint density at radius 2 is 1.07 bits per heavy atom. The molecule has 0 radical (unpaired) electrons. The van der Waals surface area contributed by atoms with Crippen LogP contribution in [0.25, 0.3) is 38.1 Å². The van der Waals surface area contributed by atoms with Gasteiger partial charge in [-0.1, -0.05) is 96.8 Å². The maximum Gasteiger partial charge on any atom is 0.252 e. The number of benzene rings is 7. The minimum Gasteiger partial charge on any atom is -0.311 e. The quantitative estimate of drug-likeness (QED) is 0.184. The molecule has 0 amide bonds. The number of anilines is 6. The number of rotatable bonds is 2. The van der Waals surface area contributed by atoms with Gasteiger partial charge in [0.2, 0.25) is 0 Å². The van der Waals surface area contributed by atoms with Crippen molar-refractivity contribution >= 4 is 95.3 Å². The van der Waals surface area contributed by atoms with E-state index in [1.807, 2.05) is 54.6 Å². The fourth-order valence-corrected chi connectivity index (χ4v) is 7.72. The van der Waals surface area contributed by atoms with E-state index >= 15 is 0 Å². The Morgan fingerprint density at radius 3 is 1.83 bits per heavy atom. The van der Waals surface area contributed by atoms with Gasteiger partial charge in [0, 0.05) is 55.7 Å². The van der Waals surface area contributed by atoms with Gasteiger partial charge in [-0.15, -0.1) is 0 Å². The molecule has 7 aromatic carbocycles. The molecule has 3 nitrogen and oxygen atoms in total. The monoisotopic (exact) mass is 597 g/mol. The molecule has 11 rings (SSSR count). The number of nitrogens with zero attached hydrogens (tertiary/aromatic N) is 3. The first kappa shape index (κ1) is 14.9. The van der Waals surface area contributed by atoms with Gasteiger partial charge in [0.15, 0.2) is 0 Å². The van der Waals surface area contributed by atoms with E-state index in [0.717, 1.165) is 38.1 Å². The summed E-state index contributed by atoms with van der Waals surface area (Å²) < 4.78 is 127. The fourth-order valence-electron chi connectivity index (χ4n) is 7.72. The third-order valence-corrected chi connectivity index (χ3v) is 9.38. The molecule has 2 aliphatic heterocycles. The van der Waals surface area contributed by atoms with Crippen LogP contribution < -0.4 is 26.2 Å². The fraction of sp³-hybridized carbons (Fsp3) is 0. The number of hydrogen-bond donors (Lipinski definition) is 0. The van der Waals surface area contributed by atoms with Gasteiger partial charge in [-0.2, -0.15) is 0 Å². The summed E-state index contributed by atoms with van der Waals surface area (Å²) in [6.07, 6.45) is 0. The molecule has 0 saturated heterocycles. The second-order valence-corrected chi connectivity index (χ2v) is 11.5. The van der Waals surface area contributed by atoms with Crippen LogP contribution in [0.15, 0.2) is 157 Å². The summed E-state index contributed by atoms with van der Waals surface area (Å²) >= 11 is 0. The van der Waals surface area contributed by atoms with E-state index in [1.54, 1.807) is 23.1 Å². The molecular formula is C42H26BN3. The molecular weight excluding hydrogens is 557 g/mol. The third kappa shape index (κ3) is 2.99. The second-order valence-electron chi connectivity index (χ2n) is 11.5. The van der Waals surface area contributed by atoms with Crippen molar-refractivity contribution in [2.75, 3.05) is 9.80 Å². The van der Waals surface area contributed by atoms with Crippen LogP contribution in [-0.2, 0) is 0 Å². The third-order valence-electron chi connectivity index (χ3n) is 9.38. The summed E-state index contributed by atoms with van der Waals surface area (Å²) in [5, 5.41) is 3.73. The molecule has 0 unspecified atom stereocenters. The van der Waals surface area contributed by atoms with Gasteiger partial charge in [0.05, 0.1) is 35.7 Å². The molecule has 4 heterocycles. The molecule has 0 aliphatic carbocycles. The summed E-state index contributed by atoms with van der Waals surface area (Å²) in [6.45, 7) is -0.990. The zero-order valence-corrected chi connectivity index (χ0v) is 23.8. The molecule has 46 heavy (non-hydrogen) atoms. The molecule has 0 spiro atoms. The van der Waals surface area contributed by atoms with E-state index in [1.165, 1.54) is 4.90 Å². The van der Waals surface area contributed by atoms with Crippen LogP contribution in [0.5, 0.6) is 0 Å². The first-order chi connectivity index (χ1) is 28.7. The van der Waals surface area contributed by atoms with E-state index in [4.69, 9.17) is 13.7 Å². The Bertz CT molecular complexity index is 3420. The molecule has 2 aliphatic rings. The van der Waals surface area contributed by atoms with Gasteiger partial charge in [-0.05, 0) is 76.9 Å². The Labute approximate surface area is 286 Å². The van der Waals surface area contributed by atoms with Crippen molar-refractivity contribution in [1.82, 2.24) is 4.40 Å². The molecule has 4 heteroatoms. The lowest BCUT2D eigenvalue weighted by atomic mass is 9.33. The van der Waals surface area contributed by atoms with Crippen LogP contribution in [0, 0.1) is 0 Å². The van der Waals surface area contributed by atoms with Crippen molar-refractivity contribution in [2.24, 2.45) is 0 Å². The predicted molar refractivity (Wildman–Crippen MR) is 195 cm³/mol. The standard InChI is InChI=1S/C42H26BN3/c1-3-13-27(14-4-1)44-36-22-10-8-20-33(36)43-34-26-39-32(31-19-11-18-30-29-17-7-9-21-35(29)46(39)42(30)31)25-40(34)45(28-15-5-2-6-16-28)38-24-12-23-37(44)41(38)43/h1-26H/i1D,2D,3D,4D,5D,6D,8D,10D,13D,14D,15D,16D,20D,22D. The highest BCUT2D eigenvalue weighted by molar-refractivity contribution is 7.00. The lowest BCUT2D eigenvalue weighted by Gasteiger charge is -2.44. The first-order valence-electron chi connectivity index (χ1n) is 21.8. The largest absolute Gasteiger partial charge is 0.311 e. The van der Waals surface area contributed by atoms with E-state index in [2.05, 4.69) is 4.40 Å². The molecule has 2 aromatic heterocycles. The maximum atomic E-state index is 9.53. The molecule has 212 valence electrons. The van der Waals surface area contributed by atoms with Gasteiger partial charge < -0.3 is 14.2 Å². The topological polar surface area (TPSA) is 10.9 Å². The summed E-state index contributed by atoms with van der Waals surface area (Å²) in [7, 11) is 0. The highest BCUT2D eigenvalue weighted by Crippen LogP contribution is 2.46. The van der Waals surface area contributed by atoms with Gasteiger partial charge in [0.25, 0.3) is 6.71 Å². The molecule has 9 aromatic rings. The zero-order valence-electron chi connectivity index (χ0n) is 37.8. The SMILES string of the molecule is [2H]c1c([2H])c([2H])c(N2c3cc4c5cccc6c7ccccc7n(c4cc3B3c4c2cccc4N(c2c([2H])c([2H])c([2H])c([2H])c2[2H])c2c([2H])c([2H])c([2H])c([2H])c23)c65)c([2H])c1[2H]. The zero-order chi connectivity index (χ0) is 42.1. The average molecular weight is 598 g/mol. The molecule has 0 N–H and O–H groups in total. The van der Waals surface area contributed by atoms with E-state index in [9.17, 15) is 5.48 Å². The van der Waals surface area contributed by atoms with Crippen molar-refractivity contribution in [3.8, 4) is 0 Å². The lowest BCUT2D eigenvalue weighted by Crippen LogP contribution is -2.61. The second kappa shape index (κ2) is 8.80. The highest BCUT2D eigenvalue weighted by atomic mass is 15.2. The lowest BCUT2D eigenvalue weighted by molar-refractivity contribution is 1.25. The van der Waals surface area contributed by atoms with E-state index in [0.29, 0.717) is 22.3 Å². The minimum absolute atomic E-state index is 0.0766. The van der Waals surface area contributed by atoms with Gasteiger partial charge >= 0.3 is 0 Å². The van der Waals surface area contributed by atoms with Crippen LogP contribution in [0.2, 0.25) is 0 Å². The van der Waals surface area contributed by atoms with Gasteiger partial charge in [-0.3, -0.25) is 0 Å². The summed E-state index contributed by atoms with van der Waals surface area (Å²) in [4.78, 5) is 2.88. The van der Waals surface area contributed by atoms with Crippen molar-refractivity contribution in [3.05, 3.63) is 157 Å². The Kier molecular flexibility index (Phi) is 2.84. The molecule has 0 saturated carbocycles. The first-order valence-corrected chi connectivity index (χ1v) is 14.8. The highest BCUT2D eigenvalue weighted by Gasteiger charge is 2.43. The van der Waals surface area contributed by atoms with Crippen LogP contribution in [0.3, 0.4) is 0 Å². The van der Waals surface area contributed by atoms with E-state index in [-0.39, 0.29) is 28.2 Å². The number of para-hydroxylation sites is 5. The Morgan fingerprint density at radius 1 is 0.457 bits per heavy atom. The van der Waals surface area contributed by atoms with Gasteiger partial charge in [0.1, 0.15) is 0 Å².